The van der Waals surface area contributed by atoms with Crippen LogP contribution in [0.4, 0.5) is 0 Å². The fourth-order valence-electron chi connectivity index (χ4n) is 2.56. The number of carbonyl (C=O) groups excluding carboxylic acids is 3. The minimum Gasteiger partial charge on any atom is -0.462 e. The fraction of sp³-hybridized carbons (Fsp3) is 0.389. The first-order valence-electron chi connectivity index (χ1n) is 7.96. The van der Waals surface area contributed by atoms with Gasteiger partial charge in [0.15, 0.2) is 6.10 Å². The quantitative estimate of drug-likeness (QED) is 0.603. The Balaban J connectivity index is 2.10. The lowest BCUT2D eigenvalue weighted by Gasteiger charge is -2.12. The second-order valence-corrected chi connectivity index (χ2v) is 6.43. The maximum Gasteiger partial charge on any atom is 0.340 e. The number of ketones is 1. The van der Waals surface area contributed by atoms with Crippen LogP contribution in [-0.2, 0) is 20.7 Å². The molecule has 0 saturated carbocycles. The highest BCUT2D eigenvalue weighted by Crippen LogP contribution is 2.21. The van der Waals surface area contributed by atoms with E-state index in [4.69, 9.17) is 9.47 Å². The molecular formula is C18H21NO5S. The number of aryl methyl sites for hydroxylation is 1. The Morgan fingerprint density at radius 2 is 2.00 bits per heavy atom. The lowest BCUT2D eigenvalue weighted by Crippen LogP contribution is -2.26. The van der Waals surface area contributed by atoms with E-state index < -0.39 is 18.0 Å². The van der Waals surface area contributed by atoms with E-state index in [0.29, 0.717) is 16.8 Å². The molecule has 0 aliphatic rings. The van der Waals surface area contributed by atoms with Crippen LogP contribution >= 0.6 is 11.3 Å². The van der Waals surface area contributed by atoms with Gasteiger partial charge in [0, 0.05) is 5.69 Å². The molecule has 7 heteroatoms. The van der Waals surface area contributed by atoms with Gasteiger partial charge in [0.1, 0.15) is 0 Å². The van der Waals surface area contributed by atoms with Gasteiger partial charge < -0.3 is 14.5 Å². The Labute approximate surface area is 150 Å². The second kappa shape index (κ2) is 8.11. The van der Waals surface area contributed by atoms with Crippen LogP contribution < -0.4 is 0 Å². The first kappa shape index (κ1) is 18.9. The normalized spacial score (nSPS) is 11.8. The number of H-pyrrole nitrogens is 1. The van der Waals surface area contributed by atoms with Crippen LogP contribution in [-0.4, -0.2) is 35.4 Å². The first-order chi connectivity index (χ1) is 11.8. The Kier molecular flexibility index (Phi) is 6.14. The highest BCUT2D eigenvalue weighted by molar-refractivity contribution is 7.08. The lowest BCUT2D eigenvalue weighted by atomic mass is 10.1. The van der Waals surface area contributed by atoms with E-state index in [1.54, 1.807) is 20.8 Å². The Morgan fingerprint density at radius 1 is 1.28 bits per heavy atom. The largest absolute Gasteiger partial charge is 0.462 e. The van der Waals surface area contributed by atoms with Crippen molar-refractivity contribution in [2.75, 3.05) is 6.61 Å². The summed E-state index contributed by atoms with van der Waals surface area (Å²) in [4.78, 5) is 39.5. The SMILES string of the molecule is CCOC(=O)c1c(C)[nH]c(C(=O)[C@H](C)OC(=O)Cc2ccsc2)c1C. The van der Waals surface area contributed by atoms with E-state index in [9.17, 15) is 14.4 Å². The summed E-state index contributed by atoms with van der Waals surface area (Å²) in [6.07, 6.45) is -0.823. The van der Waals surface area contributed by atoms with Crippen LogP contribution in [0.1, 0.15) is 51.5 Å². The highest BCUT2D eigenvalue weighted by atomic mass is 32.1. The van der Waals surface area contributed by atoms with Gasteiger partial charge in [0.2, 0.25) is 5.78 Å². The fourth-order valence-corrected chi connectivity index (χ4v) is 3.23. The molecule has 0 bridgehead atoms. The lowest BCUT2D eigenvalue weighted by molar-refractivity contribution is -0.145. The molecule has 0 amide bonds. The van der Waals surface area contributed by atoms with Crippen molar-refractivity contribution in [1.82, 2.24) is 4.98 Å². The van der Waals surface area contributed by atoms with Crippen molar-refractivity contribution >= 4 is 29.1 Å². The zero-order valence-electron chi connectivity index (χ0n) is 14.7. The summed E-state index contributed by atoms with van der Waals surface area (Å²) in [5.74, 6) is -1.32. The van der Waals surface area contributed by atoms with Crippen molar-refractivity contribution in [1.29, 1.82) is 0 Å². The van der Waals surface area contributed by atoms with Crippen LogP contribution in [0.3, 0.4) is 0 Å². The summed E-state index contributed by atoms with van der Waals surface area (Å²) in [5, 5.41) is 3.73. The maximum absolute atomic E-state index is 12.6. The summed E-state index contributed by atoms with van der Waals surface area (Å²) in [7, 11) is 0. The molecule has 0 unspecified atom stereocenters. The van der Waals surface area contributed by atoms with Crippen LogP contribution in [0, 0.1) is 13.8 Å². The van der Waals surface area contributed by atoms with Gasteiger partial charge in [-0.2, -0.15) is 11.3 Å². The molecule has 0 fully saturated rings. The smallest absolute Gasteiger partial charge is 0.340 e. The molecule has 134 valence electrons. The molecule has 6 nitrogen and oxygen atoms in total. The number of carbonyl (C=O) groups is 3. The standard InChI is InChI=1S/C18H21NO5S/c1-5-23-18(22)15-10(2)16(19-11(15)3)17(21)12(4)24-14(20)8-13-6-7-25-9-13/h6-7,9,12,19H,5,8H2,1-4H3/t12-/m0/s1. The molecule has 25 heavy (non-hydrogen) atoms. The molecule has 1 atom stereocenters. The highest BCUT2D eigenvalue weighted by Gasteiger charge is 2.27. The maximum atomic E-state index is 12.6. The van der Waals surface area contributed by atoms with Gasteiger partial charge in [-0.1, -0.05) is 0 Å². The number of rotatable bonds is 7. The van der Waals surface area contributed by atoms with Gasteiger partial charge in [-0.15, -0.1) is 0 Å². The van der Waals surface area contributed by atoms with E-state index in [1.165, 1.54) is 18.3 Å². The zero-order chi connectivity index (χ0) is 18.6. The Morgan fingerprint density at radius 3 is 2.60 bits per heavy atom. The third-order valence-corrected chi connectivity index (χ3v) is 4.50. The summed E-state index contributed by atoms with van der Waals surface area (Å²) in [5.41, 5.74) is 2.52. The second-order valence-electron chi connectivity index (χ2n) is 5.65. The Bertz CT molecular complexity index is 776. The van der Waals surface area contributed by atoms with Crippen LogP contribution in [0.5, 0.6) is 0 Å². The number of esters is 2. The number of Topliss-reactive ketones (excluding diaryl/α,β-unsaturated/α-hetero) is 1. The van der Waals surface area contributed by atoms with Gasteiger partial charge >= 0.3 is 11.9 Å². The van der Waals surface area contributed by atoms with E-state index in [0.717, 1.165) is 5.56 Å². The molecule has 1 N–H and O–H groups in total. The van der Waals surface area contributed by atoms with Crippen molar-refractivity contribution in [3.63, 3.8) is 0 Å². The van der Waals surface area contributed by atoms with Crippen molar-refractivity contribution in [2.24, 2.45) is 0 Å². The third-order valence-electron chi connectivity index (χ3n) is 3.77. The van der Waals surface area contributed by atoms with Gasteiger partial charge in [-0.3, -0.25) is 9.59 Å². The molecule has 2 rings (SSSR count). The molecule has 0 spiro atoms. The number of aromatic amines is 1. The number of thiophene rings is 1. The summed E-state index contributed by atoms with van der Waals surface area (Å²) in [6.45, 7) is 6.86. The Hall–Kier alpha value is -2.41. The van der Waals surface area contributed by atoms with Crippen LogP contribution in [0.2, 0.25) is 0 Å². The summed E-state index contributed by atoms with van der Waals surface area (Å²) in [6, 6.07) is 1.84. The predicted molar refractivity (Wildman–Crippen MR) is 94.1 cm³/mol. The van der Waals surface area contributed by atoms with Gasteiger partial charge in [-0.05, 0) is 55.6 Å². The third kappa shape index (κ3) is 4.36. The van der Waals surface area contributed by atoms with Crippen molar-refractivity contribution in [3.05, 3.63) is 44.9 Å². The summed E-state index contributed by atoms with van der Waals surface area (Å²) < 4.78 is 10.2. The molecule has 2 heterocycles. The van der Waals surface area contributed by atoms with Crippen LogP contribution in [0.25, 0.3) is 0 Å². The monoisotopic (exact) mass is 363 g/mol. The molecular weight excluding hydrogens is 342 g/mol. The van der Waals surface area contributed by atoms with E-state index in [-0.39, 0.29) is 24.5 Å². The predicted octanol–water partition coefficient (Wildman–Crippen LogP) is 3.23. The first-order valence-corrected chi connectivity index (χ1v) is 8.90. The van der Waals surface area contributed by atoms with Crippen molar-refractivity contribution in [2.45, 2.75) is 40.2 Å². The number of nitrogens with one attached hydrogen (secondary N) is 1. The molecule has 2 aromatic rings. The minimum absolute atomic E-state index is 0.123. The number of hydrogen-bond donors (Lipinski definition) is 1. The molecule has 0 aliphatic heterocycles. The number of aromatic nitrogens is 1. The number of ether oxygens (including phenoxy) is 2. The average Bonchev–Trinajstić information content (AvgIpc) is 3.14. The molecule has 0 radical (unpaired) electrons. The van der Waals surface area contributed by atoms with E-state index >= 15 is 0 Å². The van der Waals surface area contributed by atoms with Crippen molar-refractivity contribution < 1.29 is 23.9 Å². The van der Waals surface area contributed by atoms with Crippen molar-refractivity contribution in [3.8, 4) is 0 Å². The van der Waals surface area contributed by atoms with Gasteiger partial charge in [0.25, 0.3) is 0 Å². The molecule has 0 aromatic carbocycles. The molecule has 0 aliphatic carbocycles. The van der Waals surface area contributed by atoms with E-state index in [2.05, 4.69) is 4.98 Å². The van der Waals surface area contributed by atoms with E-state index in [1.807, 2.05) is 16.8 Å². The van der Waals surface area contributed by atoms with Gasteiger partial charge in [-0.25, -0.2) is 4.79 Å². The van der Waals surface area contributed by atoms with Gasteiger partial charge in [0.05, 0.1) is 24.3 Å². The average molecular weight is 363 g/mol. The summed E-state index contributed by atoms with van der Waals surface area (Å²) >= 11 is 1.49. The minimum atomic E-state index is -0.946. The molecule has 2 aromatic heterocycles. The topological polar surface area (TPSA) is 85.5 Å². The number of hydrogen-bond acceptors (Lipinski definition) is 6. The zero-order valence-corrected chi connectivity index (χ0v) is 15.5. The van der Waals surface area contributed by atoms with Crippen LogP contribution in [0.15, 0.2) is 16.8 Å². The molecule has 0 saturated heterocycles.